The molecular formula is C14H14N4O. The first-order chi connectivity index (χ1) is 9.33. The maximum absolute atomic E-state index is 9.23. The lowest BCUT2D eigenvalue weighted by Gasteiger charge is -2.19. The Morgan fingerprint density at radius 3 is 2.79 bits per heavy atom. The molecule has 1 aromatic carbocycles. The Bertz CT molecular complexity index is 649. The number of aliphatic hydroxyl groups excluding tert-OH is 1. The number of nitriles is 1. The number of aromatic nitrogens is 2. The zero-order valence-electron chi connectivity index (χ0n) is 10.5. The molecule has 1 aliphatic rings. The van der Waals surface area contributed by atoms with E-state index in [1.807, 2.05) is 6.07 Å². The van der Waals surface area contributed by atoms with E-state index in [0.717, 1.165) is 30.7 Å². The summed E-state index contributed by atoms with van der Waals surface area (Å²) in [6.45, 7) is 1.95. The molecule has 1 N–H and O–H groups in total. The van der Waals surface area contributed by atoms with Crippen LogP contribution in [-0.2, 0) is 0 Å². The SMILES string of the molecule is N#Cc1ccc(N2CCC(CO)C2)c2nccnc12. The highest BCUT2D eigenvalue weighted by atomic mass is 16.3. The molecule has 19 heavy (non-hydrogen) atoms. The van der Waals surface area contributed by atoms with Crippen LogP contribution in [0.2, 0.25) is 0 Å². The zero-order chi connectivity index (χ0) is 13.2. The molecule has 0 spiro atoms. The first-order valence-corrected chi connectivity index (χ1v) is 6.33. The Morgan fingerprint density at radius 2 is 2.11 bits per heavy atom. The largest absolute Gasteiger partial charge is 0.396 e. The smallest absolute Gasteiger partial charge is 0.113 e. The molecule has 1 unspecified atom stereocenters. The third kappa shape index (κ3) is 2.00. The van der Waals surface area contributed by atoms with Crippen LogP contribution in [0.15, 0.2) is 24.5 Å². The van der Waals surface area contributed by atoms with Gasteiger partial charge in [-0.2, -0.15) is 5.26 Å². The van der Waals surface area contributed by atoms with Gasteiger partial charge in [0.25, 0.3) is 0 Å². The van der Waals surface area contributed by atoms with Crippen LogP contribution in [0.5, 0.6) is 0 Å². The molecular weight excluding hydrogens is 240 g/mol. The van der Waals surface area contributed by atoms with Crippen LogP contribution in [0.25, 0.3) is 11.0 Å². The van der Waals surface area contributed by atoms with Crippen molar-refractivity contribution in [2.24, 2.45) is 5.92 Å². The van der Waals surface area contributed by atoms with Gasteiger partial charge in [0.15, 0.2) is 0 Å². The number of rotatable bonds is 2. The van der Waals surface area contributed by atoms with Crippen LogP contribution >= 0.6 is 0 Å². The second-order valence-electron chi connectivity index (χ2n) is 4.78. The number of hydrogen-bond acceptors (Lipinski definition) is 5. The van der Waals surface area contributed by atoms with Crippen LogP contribution in [0, 0.1) is 17.2 Å². The van der Waals surface area contributed by atoms with Crippen LogP contribution in [0.4, 0.5) is 5.69 Å². The average molecular weight is 254 g/mol. The molecule has 5 nitrogen and oxygen atoms in total. The highest BCUT2D eigenvalue weighted by Crippen LogP contribution is 2.30. The Hall–Kier alpha value is -2.19. The van der Waals surface area contributed by atoms with Crippen molar-refractivity contribution in [3.63, 3.8) is 0 Å². The zero-order valence-corrected chi connectivity index (χ0v) is 10.5. The molecule has 96 valence electrons. The monoisotopic (exact) mass is 254 g/mol. The molecule has 0 aliphatic carbocycles. The number of hydrogen-bond donors (Lipinski definition) is 1. The van der Waals surface area contributed by atoms with Gasteiger partial charge in [-0.25, -0.2) is 0 Å². The van der Waals surface area contributed by atoms with Crippen molar-refractivity contribution in [2.75, 3.05) is 24.6 Å². The lowest BCUT2D eigenvalue weighted by atomic mass is 10.1. The van der Waals surface area contributed by atoms with Gasteiger partial charge in [-0.05, 0) is 18.6 Å². The maximum Gasteiger partial charge on any atom is 0.113 e. The Morgan fingerprint density at radius 1 is 1.32 bits per heavy atom. The van der Waals surface area contributed by atoms with Crippen molar-refractivity contribution in [1.29, 1.82) is 5.26 Å². The van der Waals surface area contributed by atoms with Crippen molar-refractivity contribution >= 4 is 16.7 Å². The third-order valence-electron chi connectivity index (χ3n) is 3.61. The normalized spacial score (nSPS) is 18.7. The molecule has 0 radical (unpaired) electrons. The van der Waals surface area contributed by atoms with Gasteiger partial charge in [-0.3, -0.25) is 9.97 Å². The second-order valence-corrected chi connectivity index (χ2v) is 4.78. The van der Waals surface area contributed by atoms with Crippen molar-refractivity contribution in [3.8, 4) is 6.07 Å². The minimum absolute atomic E-state index is 0.219. The fourth-order valence-electron chi connectivity index (χ4n) is 2.59. The molecule has 3 rings (SSSR count). The van der Waals surface area contributed by atoms with Gasteiger partial charge in [0.2, 0.25) is 0 Å². The summed E-state index contributed by atoms with van der Waals surface area (Å²) >= 11 is 0. The summed E-state index contributed by atoms with van der Waals surface area (Å²) in [6.07, 6.45) is 4.23. The summed E-state index contributed by atoms with van der Waals surface area (Å²) in [7, 11) is 0. The van der Waals surface area contributed by atoms with E-state index in [9.17, 15) is 5.11 Å². The molecule has 1 fully saturated rings. The number of anilines is 1. The van der Waals surface area contributed by atoms with Gasteiger partial charge in [0.1, 0.15) is 17.1 Å². The maximum atomic E-state index is 9.23. The molecule has 1 atom stereocenters. The summed E-state index contributed by atoms with van der Waals surface area (Å²) in [5.74, 6) is 0.322. The van der Waals surface area contributed by atoms with E-state index in [1.54, 1.807) is 18.5 Å². The van der Waals surface area contributed by atoms with Gasteiger partial charge in [0.05, 0.1) is 11.3 Å². The lowest BCUT2D eigenvalue weighted by Crippen LogP contribution is -2.21. The van der Waals surface area contributed by atoms with Gasteiger partial charge >= 0.3 is 0 Å². The minimum atomic E-state index is 0.219. The van der Waals surface area contributed by atoms with Gasteiger partial charge in [0, 0.05) is 38.0 Å². The van der Waals surface area contributed by atoms with Crippen LogP contribution in [0.3, 0.4) is 0 Å². The molecule has 1 aliphatic heterocycles. The second kappa shape index (κ2) is 4.82. The van der Waals surface area contributed by atoms with E-state index in [2.05, 4.69) is 20.9 Å². The van der Waals surface area contributed by atoms with E-state index in [0.29, 0.717) is 17.0 Å². The molecule has 2 aromatic rings. The van der Waals surface area contributed by atoms with E-state index in [1.165, 1.54) is 0 Å². The van der Waals surface area contributed by atoms with E-state index < -0.39 is 0 Å². The number of benzene rings is 1. The van der Waals surface area contributed by atoms with Gasteiger partial charge < -0.3 is 10.0 Å². The number of nitrogens with zero attached hydrogens (tertiary/aromatic N) is 4. The quantitative estimate of drug-likeness (QED) is 0.875. The van der Waals surface area contributed by atoms with Crippen molar-refractivity contribution < 1.29 is 5.11 Å². The van der Waals surface area contributed by atoms with Crippen molar-refractivity contribution in [3.05, 3.63) is 30.1 Å². The van der Waals surface area contributed by atoms with Crippen molar-refractivity contribution in [1.82, 2.24) is 9.97 Å². The molecule has 0 saturated carbocycles. The molecule has 2 heterocycles. The fourth-order valence-corrected chi connectivity index (χ4v) is 2.59. The van der Waals surface area contributed by atoms with Crippen LogP contribution in [-0.4, -0.2) is 34.8 Å². The summed E-state index contributed by atoms with van der Waals surface area (Å²) < 4.78 is 0. The van der Waals surface area contributed by atoms with Crippen LogP contribution < -0.4 is 4.90 Å². The van der Waals surface area contributed by atoms with E-state index in [-0.39, 0.29) is 6.61 Å². The van der Waals surface area contributed by atoms with Gasteiger partial charge in [-0.1, -0.05) is 0 Å². The molecule has 5 heteroatoms. The summed E-state index contributed by atoms with van der Waals surface area (Å²) in [4.78, 5) is 10.8. The first-order valence-electron chi connectivity index (χ1n) is 6.33. The standard InChI is InChI=1S/C14H14N4O/c15-7-11-1-2-12(14-13(11)16-4-5-17-14)18-6-3-10(8-18)9-19/h1-2,4-5,10,19H,3,6,8-9H2. The fraction of sp³-hybridized carbons (Fsp3) is 0.357. The summed E-state index contributed by atoms with van der Waals surface area (Å²) in [5, 5.41) is 18.3. The lowest BCUT2D eigenvalue weighted by molar-refractivity contribution is 0.238. The predicted molar refractivity (Wildman–Crippen MR) is 71.7 cm³/mol. The van der Waals surface area contributed by atoms with Gasteiger partial charge in [-0.15, -0.1) is 0 Å². The number of aliphatic hydroxyl groups is 1. The highest BCUT2D eigenvalue weighted by molar-refractivity contribution is 5.92. The Balaban J connectivity index is 2.08. The number of fused-ring (bicyclic) bond motifs is 1. The van der Waals surface area contributed by atoms with E-state index in [4.69, 9.17) is 5.26 Å². The van der Waals surface area contributed by atoms with E-state index >= 15 is 0 Å². The van der Waals surface area contributed by atoms with Crippen LogP contribution in [0.1, 0.15) is 12.0 Å². The Labute approximate surface area is 111 Å². The Kier molecular flexibility index (Phi) is 3.02. The highest BCUT2D eigenvalue weighted by Gasteiger charge is 2.24. The molecule has 0 amide bonds. The third-order valence-corrected chi connectivity index (χ3v) is 3.61. The topological polar surface area (TPSA) is 73.0 Å². The molecule has 1 saturated heterocycles. The average Bonchev–Trinajstić information content (AvgIpc) is 2.95. The predicted octanol–water partition coefficient (Wildman–Crippen LogP) is 1.32. The first kappa shape index (κ1) is 11.9. The molecule has 1 aromatic heterocycles. The summed E-state index contributed by atoms with van der Waals surface area (Å²) in [6, 6.07) is 5.86. The van der Waals surface area contributed by atoms with Crippen molar-refractivity contribution in [2.45, 2.75) is 6.42 Å². The summed E-state index contributed by atoms with van der Waals surface area (Å²) in [5.41, 5.74) is 2.96. The molecule has 0 bridgehead atoms. The minimum Gasteiger partial charge on any atom is -0.396 e.